The zero-order valence-electron chi connectivity index (χ0n) is 12.3. The minimum atomic E-state index is -0.443. The lowest BCUT2D eigenvalue weighted by atomic mass is 10.2. The fourth-order valence-corrected chi connectivity index (χ4v) is 2.07. The van der Waals surface area contributed by atoms with Gasteiger partial charge < -0.3 is 9.47 Å². The number of hydrazone groups is 1. The molecule has 0 aliphatic carbocycles. The largest absolute Gasteiger partial charge is 0.493 e. The van der Waals surface area contributed by atoms with Crippen molar-refractivity contribution in [3.63, 3.8) is 0 Å². The van der Waals surface area contributed by atoms with Gasteiger partial charge in [0.15, 0.2) is 11.5 Å². The molecule has 0 atom stereocenters. The summed E-state index contributed by atoms with van der Waals surface area (Å²) in [6, 6.07) is 5.28. The Hall–Kier alpha value is -2.54. The zero-order chi connectivity index (χ0) is 16.1. The van der Waals surface area contributed by atoms with Gasteiger partial charge in [0.1, 0.15) is 5.69 Å². The Morgan fingerprint density at radius 3 is 2.68 bits per heavy atom. The summed E-state index contributed by atoms with van der Waals surface area (Å²) in [5, 5.41) is 8.04. The minimum absolute atomic E-state index is 0.242. The number of amides is 1. The van der Waals surface area contributed by atoms with Crippen molar-refractivity contribution in [2.45, 2.75) is 0 Å². The Kier molecular flexibility index (Phi) is 5.00. The molecule has 0 spiro atoms. The van der Waals surface area contributed by atoms with Gasteiger partial charge in [0, 0.05) is 7.05 Å². The van der Waals surface area contributed by atoms with Crippen LogP contribution in [0.5, 0.6) is 11.5 Å². The first kappa shape index (κ1) is 15.8. The first-order valence-electron chi connectivity index (χ1n) is 6.29. The van der Waals surface area contributed by atoms with E-state index in [1.165, 1.54) is 17.1 Å². The predicted octanol–water partition coefficient (Wildman–Crippen LogP) is 1.85. The third kappa shape index (κ3) is 3.37. The molecule has 1 N–H and O–H groups in total. The van der Waals surface area contributed by atoms with Crippen molar-refractivity contribution in [1.29, 1.82) is 0 Å². The SMILES string of the molecule is COc1ccc(/C=N\NC(=O)c2c(Cl)cnn2C)cc1OC. The Labute approximate surface area is 132 Å². The number of carbonyl (C=O) groups is 1. The number of hydrogen-bond acceptors (Lipinski definition) is 5. The lowest BCUT2D eigenvalue weighted by Gasteiger charge is -2.07. The van der Waals surface area contributed by atoms with E-state index in [1.807, 2.05) is 0 Å². The maximum absolute atomic E-state index is 11.9. The molecule has 7 nitrogen and oxygen atoms in total. The number of halogens is 1. The van der Waals surface area contributed by atoms with E-state index in [-0.39, 0.29) is 10.7 Å². The summed E-state index contributed by atoms with van der Waals surface area (Å²) < 4.78 is 11.7. The van der Waals surface area contributed by atoms with E-state index in [1.54, 1.807) is 39.5 Å². The quantitative estimate of drug-likeness (QED) is 0.673. The highest BCUT2D eigenvalue weighted by atomic mass is 35.5. The van der Waals surface area contributed by atoms with Crippen LogP contribution < -0.4 is 14.9 Å². The van der Waals surface area contributed by atoms with E-state index in [0.717, 1.165) is 5.56 Å². The minimum Gasteiger partial charge on any atom is -0.493 e. The number of hydrogen-bond donors (Lipinski definition) is 1. The normalized spacial score (nSPS) is 10.7. The van der Waals surface area contributed by atoms with E-state index < -0.39 is 5.91 Å². The third-order valence-electron chi connectivity index (χ3n) is 2.90. The van der Waals surface area contributed by atoms with Crippen molar-refractivity contribution in [1.82, 2.24) is 15.2 Å². The molecule has 0 radical (unpaired) electrons. The van der Waals surface area contributed by atoms with Crippen molar-refractivity contribution in [3.05, 3.63) is 40.7 Å². The van der Waals surface area contributed by atoms with Gasteiger partial charge in [-0.2, -0.15) is 10.2 Å². The summed E-state index contributed by atoms with van der Waals surface area (Å²) in [7, 11) is 4.73. The van der Waals surface area contributed by atoms with Crippen LogP contribution in [-0.4, -0.2) is 36.1 Å². The topological polar surface area (TPSA) is 77.7 Å². The molecule has 2 aromatic rings. The standard InChI is InChI=1S/C14H15ClN4O3/c1-19-13(10(15)8-17-19)14(20)18-16-7-9-4-5-11(21-2)12(6-9)22-3/h4-8H,1-3H3,(H,18,20)/b16-7-. The summed E-state index contributed by atoms with van der Waals surface area (Å²) in [5.74, 6) is 0.750. The van der Waals surface area contributed by atoms with Gasteiger partial charge >= 0.3 is 0 Å². The van der Waals surface area contributed by atoms with Gasteiger partial charge in [0.2, 0.25) is 0 Å². The fourth-order valence-electron chi connectivity index (χ4n) is 1.82. The van der Waals surface area contributed by atoms with E-state index in [9.17, 15) is 4.79 Å². The number of nitrogens with zero attached hydrogens (tertiary/aromatic N) is 3. The Morgan fingerprint density at radius 1 is 1.36 bits per heavy atom. The van der Waals surface area contributed by atoms with Crippen LogP contribution in [0.25, 0.3) is 0 Å². The second-order valence-corrected chi connectivity index (χ2v) is 4.69. The maximum atomic E-state index is 11.9. The van der Waals surface area contributed by atoms with Crippen LogP contribution >= 0.6 is 11.6 Å². The van der Waals surface area contributed by atoms with Crippen LogP contribution in [0.15, 0.2) is 29.5 Å². The molecule has 116 valence electrons. The van der Waals surface area contributed by atoms with Gasteiger partial charge in [-0.15, -0.1) is 0 Å². The molecule has 1 amide bonds. The lowest BCUT2D eigenvalue weighted by Crippen LogP contribution is -2.21. The fraction of sp³-hybridized carbons (Fsp3) is 0.214. The Balaban J connectivity index is 2.08. The van der Waals surface area contributed by atoms with Crippen molar-refractivity contribution < 1.29 is 14.3 Å². The monoisotopic (exact) mass is 322 g/mol. The van der Waals surface area contributed by atoms with Gasteiger partial charge in [-0.25, -0.2) is 5.43 Å². The molecule has 0 aliphatic rings. The van der Waals surface area contributed by atoms with Crippen LogP contribution in [0.2, 0.25) is 5.02 Å². The highest BCUT2D eigenvalue weighted by Crippen LogP contribution is 2.26. The number of aromatic nitrogens is 2. The number of ether oxygens (including phenoxy) is 2. The Morgan fingerprint density at radius 2 is 2.09 bits per heavy atom. The molecule has 1 heterocycles. The average Bonchev–Trinajstić information content (AvgIpc) is 2.86. The van der Waals surface area contributed by atoms with Crippen molar-refractivity contribution in [2.75, 3.05) is 14.2 Å². The third-order valence-corrected chi connectivity index (χ3v) is 3.17. The van der Waals surface area contributed by atoms with Crippen molar-refractivity contribution in [3.8, 4) is 11.5 Å². The highest BCUT2D eigenvalue weighted by Gasteiger charge is 2.14. The number of carbonyl (C=O) groups excluding carboxylic acids is 1. The number of benzene rings is 1. The molecule has 1 aromatic carbocycles. The molecule has 0 fully saturated rings. The van der Waals surface area contributed by atoms with Crippen molar-refractivity contribution >= 4 is 23.7 Å². The van der Waals surface area contributed by atoms with Crippen LogP contribution in [-0.2, 0) is 7.05 Å². The van der Waals surface area contributed by atoms with Gasteiger partial charge in [-0.05, 0) is 23.8 Å². The molecule has 0 unspecified atom stereocenters. The molecule has 0 saturated heterocycles. The van der Waals surface area contributed by atoms with Gasteiger partial charge in [0.25, 0.3) is 5.91 Å². The second kappa shape index (κ2) is 6.95. The molecular formula is C14H15ClN4O3. The summed E-state index contributed by atoms with van der Waals surface area (Å²) in [5.41, 5.74) is 3.38. The predicted molar refractivity (Wildman–Crippen MR) is 82.8 cm³/mol. The van der Waals surface area contributed by atoms with Crippen LogP contribution in [0.4, 0.5) is 0 Å². The van der Waals surface area contributed by atoms with E-state index in [2.05, 4.69) is 15.6 Å². The summed E-state index contributed by atoms with van der Waals surface area (Å²) >= 11 is 5.88. The molecule has 1 aromatic heterocycles. The van der Waals surface area contributed by atoms with Gasteiger partial charge in [-0.3, -0.25) is 9.48 Å². The Bertz CT molecular complexity index is 693. The molecule has 22 heavy (non-hydrogen) atoms. The first-order chi connectivity index (χ1) is 10.6. The molecule has 0 aliphatic heterocycles. The molecule has 0 bridgehead atoms. The molecule has 2 rings (SSSR count). The number of methoxy groups -OCH3 is 2. The smallest absolute Gasteiger partial charge is 0.291 e. The van der Waals surface area contributed by atoms with Crippen molar-refractivity contribution in [2.24, 2.45) is 12.1 Å². The summed E-state index contributed by atoms with van der Waals surface area (Å²) in [6.45, 7) is 0. The zero-order valence-corrected chi connectivity index (χ0v) is 13.1. The van der Waals surface area contributed by atoms with Crippen LogP contribution in [0.3, 0.4) is 0 Å². The molecule has 8 heteroatoms. The molecule has 0 saturated carbocycles. The second-order valence-electron chi connectivity index (χ2n) is 4.28. The van der Waals surface area contributed by atoms with Crippen LogP contribution in [0.1, 0.15) is 16.1 Å². The molecular weight excluding hydrogens is 308 g/mol. The highest BCUT2D eigenvalue weighted by molar-refractivity contribution is 6.33. The summed E-state index contributed by atoms with van der Waals surface area (Å²) in [4.78, 5) is 11.9. The summed E-state index contributed by atoms with van der Waals surface area (Å²) in [6.07, 6.45) is 2.89. The first-order valence-corrected chi connectivity index (χ1v) is 6.67. The van der Waals surface area contributed by atoms with E-state index in [4.69, 9.17) is 21.1 Å². The number of rotatable bonds is 5. The number of aryl methyl sites for hydroxylation is 1. The van der Waals surface area contributed by atoms with Gasteiger partial charge in [-0.1, -0.05) is 11.6 Å². The number of nitrogens with one attached hydrogen (secondary N) is 1. The average molecular weight is 323 g/mol. The van der Waals surface area contributed by atoms with Crippen LogP contribution in [0, 0.1) is 0 Å². The lowest BCUT2D eigenvalue weighted by molar-refractivity contribution is 0.0946. The van der Waals surface area contributed by atoms with E-state index in [0.29, 0.717) is 11.5 Å². The van der Waals surface area contributed by atoms with Gasteiger partial charge in [0.05, 0.1) is 31.7 Å². The van der Waals surface area contributed by atoms with E-state index >= 15 is 0 Å². The maximum Gasteiger partial charge on any atom is 0.291 e.